The highest BCUT2D eigenvalue weighted by Crippen LogP contribution is 2.63. The molecule has 2 heterocycles. The molecule has 3 heteroatoms. The van der Waals surface area contributed by atoms with Gasteiger partial charge in [0.25, 0.3) is 0 Å². The van der Waals surface area contributed by atoms with Gasteiger partial charge in [-0.1, -0.05) is 26.7 Å². The molecule has 0 radical (unpaired) electrons. The highest BCUT2D eigenvalue weighted by molar-refractivity contribution is 5.93. The van der Waals surface area contributed by atoms with Gasteiger partial charge >= 0.3 is 0 Å². The molecule has 0 amide bonds. The Kier molecular flexibility index (Phi) is 5.11. The lowest BCUT2D eigenvalue weighted by Gasteiger charge is -2.69. The number of hydrogen-bond acceptors (Lipinski definition) is 3. The van der Waals surface area contributed by atoms with Crippen LogP contribution in [0.25, 0.3) is 0 Å². The second kappa shape index (κ2) is 7.83. The molecule has 0 unspecified atom stereocenters. The van der Waals surface area contributed by atoms with Crippen LogP contribution in [0.2, 0.25) is 0 Å². The average Bonchev–Trinajstić information content (AvgIpc) is 2.79. The fourth-order valence-corrected chi connectivity index (χ4v) is 13.6. The first-order valence-electron chi connectivity index (χ1n) is 16.4. The van der Waals surface area contributed by atoms with Crippen molar-refractivity contribution in [1.29, 1.82) is 0 Å². The highest BCUT2D eigenvalue weighted by Gasteiger charge is 2.66. The summed E-state index contributed by atoms with van der Waals surface area (Å²) in [5.41, 5.74) is 0.673. The number of nitrogens with zero attached hydrogens (tertiary/aromatic N) is 2. The Labute approximate surface area is 220 Å². The molecule has 3 nitrogen and oxygen atoms in total. The number of ketones is 1. The number of likely N-dealkylation sites (tertiary alicyclic amines) is 2. The molecule has 0 aromatic heterocycles. The number of carbonyl (C=O) groups is 1. The third-order valence-electron chi connectivity index (χ3n) is 13.7. The van der Waals surface area contributed by atoms with E-state index in [0.29, 0.717) is 11.1 Å². The molecule has 10 bridgehead atoms. The van der Waals surface area contributed by atoms with Crippen LogP contribution < -0.4 is 0 Å². The molecule has 0 aromatic rings. The van der Waals surface area contributed by atoms with Crippen molar-refractivity contribution < 1.29 is 4.79 Å². The highest BCUT2D eigenvalue weighted by atomic mass is 16.1. The molecule has 8 saturated carbocycles. The van der Waals surface area contributed by atoms with Crippen molar-refractivity contribution in [3.8, 4) is 0 Å². The van der Waals surface area contributed by atoms with Crippen LogP contribution in [-0.2, 0) is 4.79 Å². The Hall–Kier alpha value is -0.410. The Balaban J connectivity index is 1.17. The minimum absolute atomic E-state index is 0.104. The molecule has 2 aliphatic heterocycles. The van der Waals surface area contributed by atoms with E-state index in [1.165, 1.54) is 77.0 Å². The van der Waals surface area contributed by atoms with E-state index >= 15 is 0 Å². The molecule has 10 aliphatic rings. The topological polar surface area (TPSA) is 23.6 Å². The van der Waals surface area contributed by atoms with Crippen molar-refractivity contribution in [2.75, 3.05) is 26.2 Å². The van der Waals surface area contributed by atoms with Crippen molar-refractivity contribution in [3.63, 3.8) is 0 Å². The van der Waals surface area contributed by atoms with Gasteiger partial charge in [0.05, 0.1) is 10.8 Å². The first-order chi connectivity index (χ1) is 17.4. The number of carbonyl (C=O) groups excluding carboxylic acids is 1. The molecule has 0 atom stereocenters. The third kappa shape index (κ3) is 3.20. The van der Waals surface area contributed by atoms with E-state index < -0.39 is 0 Å². The monoisotopic (exact) mass is 492 g/mol. The van der Waals surface area contributed by atoms with Crippen molar-refractivity contribution in [2.45, 2.75) is 128 Å². The van der Waals surface area contributed by atoms with E-state index in [2.05, 4.69) is 23.6 Å². The van der Waals surface area contributed by atoms with Crippen molar-refractivity contribution >= 4 is 5.78 Å². The van der Waals surface area contributed by atoms with E-state index in [-0.39, 0.29) is 10.8 Å². The lowest BCUT2D eigenvalue weighted by molar-refractivity contribution is -0.199. The van der Waals surface area contributed by atoms with Gasteiger partial charge < -0.3 is 0 Å². The summed E-state index contributed by atoms with van der Waals surface area (Å²) in [5.74, 6) is 6.65. The van der Waals surface area contributed by atoms with E-state index in [9.17, 15) is 4.79 Å². The second-order valence-corrected chi connectivity index (χ2v) is 16.4. The predicted molar refractivity (Wildman–Crippen MR) is 145 cm³/mol. The van der Waals surface area contributed by atoms with Crippen LogP contribution in [0.15, 0.2) is 0 Å². The average molecular weight is 493 g/mol. The van der Waals surface area contributed by atoms with Crippen LogP contribution >= 0.6 is 0 Å². The standard InChI is InChI=1S/C33H52N2O/c1-3-5-30-19-34(32-13-23-7-24(14-32)9-25(8-23)15-32)21-31(6-4-2,29(30)36)22-35(20-30)33-16-26-10-27(17-33)12-28(11-26)18-33/h23-28H,3-22H2,1-2H3. The number of Topliss-reactive ketones (excluding diaryl/α,β-unsaturated/α-hetero) is 1. The molecule has 0 N–H and O–H groups in total. The maximum atomic E-state index is 14.7. The van der Waals surface area contributed by atoms with Gasteiger partial charge in [0.2, 0.25) is 0 Å². The van der Waals surface area contributed by atoms with Gasteiger partial charge in [-0.25, -0.2) is 0 Å². The second-order valence-electron chi connectivity index (χ2n) is 16.4. The van der Waals surface area contributed by atoms with Crippen LogP contribution in [-0.4, -0.2) is 52.8 Å². The molecule has 8 aliphatic carbocycles. The summed E-state index contributed by atoms with van der Waals surface area (Å²) in [4.78, 5) is 20.8. The summed E-state index contributed by atoms with van der Waals surface area (Å²) in [7, 11) is 0. The quantitative estimate of drug-likeness (QED) is 0.412. The van der Waals surface area contributed by atoms with Gasteiger partial charge in [-0.05, 0) is 125 Å². The van der Waals surface area contributed by atoms with E-state index in [0.717, 1.165) is 93.2 Å². The molecule has 10 fully saturated rings. The van der Waals surface area contributed by atoms with E-state index in [1.807, 2.05) is 0 Å². The Morgan fingerprint density at radius 2 is 0.833 bits per heavy atom. The molecule has 2 saturated heterocycles. The van der Waals surface area contributed by atoms with Gasteiger partial charge in [-0.2, -0.15) is 0 Å². The summed E-state index contributed by atoms with van der Waals surface area (Å²) in [5, 5.41) is 0. The van der Waals surface area contributed by atoms with Crippen molar-refractivity contribution in [3.05, 3.63) is 0 Å². The summed E-state index contributed by atoms with van der Waals surface area (Å²) >= 11 is 0. The number of fused-ring (bicyclic) bond motifs is 2. The maximum Gasteiger partial charge on any atom is 0.150 e. The normalized spacial score (nSPS) is 55.6. The Bertz CT molecular complexity index is 766. The van der Waals surface area contributed by atoms with Gasteiger partial charge in [-0.15, -0.1) is 0 Å². The molecule has 36 heavy (non-hydrogen) atoms. The number of rotatable bonds is 6. The van der Waals surface area contributed by atoms with Crippen LogP contribution in [0.4, 0.5) is 0 Å². The van der Waals surface area contributed by atoms with Gasteiger partial charge in [0, 0.05) is 37.3 Å². The molecular formula is C33H52N2O. The van der Waals surface area contributed by atoms with Crippen molar-refractivity contribution in [2.24, 2.45) is 46.3 Å². The molecule has 200 valence electrons. The maximum absolute atomic E-state index is 14.7. The zero-order valence-electron chi connectivity index (χ0n) is 23.4. The van der Waals surface area contributed by atoms with Gasteiger partial charge in [0.15, 0.2) is 0 Å². The van der Waals surface area contributed by atoms with Gasteiger partial charge in [-0.3, -0.25) is 14.6 Å². The first kappa shape index (κ1) is 23.5. The summed E-state index contributed by atoms with van der Waals surface area (Å²) in [6, 6.07) is 0. The Morgan fingerprint density at radius 1 is 0.556 bits per heavy atom. The minimum atomic E-state index is -0.104. The minimum Gasteiger partial charge on any atom is -0.298 e. The van der Waals surface area contributed by atoms with Gasteiger partial charge in [0.1, 0.15) is 5.78 Å². The van der Waals surface area contributed by atoms with Crippen LogP contribution in [0.5, 0.6) is 0 Å². The van der Waals surface area contributed by atoms with E-state index in [1.54, 1.807) is 0 Å². The predicted octanol–water partition coefficient (Wildman–Crippen LogP) is 6.70. The third-order valence-corrected chi connectivity index (χ3v) is 13.7. The largest absolute Gasteiger partial charge is 0.298 e. The summed E-state index contributed by atoms with van der Waals surface area (Å²) < 4.78 is 0. The number of hydrogen-bond donors (Lipinski definition) is 0. The zero-order chi connectivity index (χ0) is 24.3. The van der Waals surface area contributed by atoms with Crippen LogP contribution in [0.1, 0.15) is 117 Å². The Morgan fingerprint density at radius 3 is 1.08 bits per heavy atom. The smallest absolute Gasteiger partial charge is 0.150 e. The number of piperidine rings is 2. The fraction of sp³-hybridized carbons (Fsp3) is 0.970. The van der Waals surface area contributed by atoms with Crippen LogP contribution in [0, 0.1) is 46.3 Å². The molecule has 0 spiro atoms. The fourth-order valence-electron chi connectivity index (χ4n) is 13.6. The molecule has 0 aromatic carbocycles. The van der Waals surface area contributed by atoms with E-state index in [4.69, 9.17) is 0 Å². The van der Waals surface area contributed by atoms with Crippen molar-refractivity contribution in [1.82, 2.24) is 9.80 Å². The SMILES string of the molecule is CCCC12CN(C34CC5CC(CC(C5)C3)C4)CC(CCC)(CN(C34CC5CC(CC(C5)C3)C4)C1)C2=O. The summed E-state index contributed by atoms with van der Waals surface area (Å²) in [6.45, 7) is 9.11. The first-order valence-corrected chi connectivity index (χ1v) is 16.4. The summed E-state index contributed by atoms with van der Waals surface area (Å²) in [6.07, 6.45) is 22.4. The molecular weight excluding hydrogens is 440 g/mol. The lowest BCUT2D eigenvalue weighted by Crippen LogP contribution is -2.77. The lowest BCUT2D eigenvalue weighted by atomic mass is 9.49. The molecule has 10 rings (SSSR count). The van der Waals surface area contributed by atoms with Crippen LogP contribution in [0.3, 0.4) is 0 Å². The zero-order valence-corrected chi connectivity index (χ0v) is 23.4.